The van der Waals surface area contributed by atoms with Gasteiger partial charge in [-0.25, -0.2) is 0 Å². The number of benzene rings is 1. The van der Waals surface area contributed by atoms with Crippen molar-refractivity contribution in [3.05, 3.63) is 28.8 Å². The molecule has 0 atom stereocenters. The zero-order valence-electron chi connectivity index (χ0n) is 13.7. The number of ether oxygens (including phenoxy) is 2. The maximum atomic E-state index is 6.10. The van der Waals surface area contributed by atoms with Gasteiger partial charge in [-0.1, -0.05) is 32.4 Å². The largest absolute Gasteiger partial charge is 0.493 e. The summed E-state index contributed by atoms with van der Waals surface area (Å²) in [4.78, 5) is 0. The van der Waals surface area contributed by atoms with Crippen molar-refractivity contribution in [1.29, 1.82) is 0 Å². The number of rotatable bonds is 9. The minimum atomic E-state index is 0.0342. The minimum Gasteiger partial charge on any atom is -0.493 e. The molecule has 0 radical (unpaired) electrons. The fourth-order valence-corrected chi connectivity index (χ4v) is 2.31. The van der Waals surface area contributed by atoms with Crippen LogP contribution < -0.4 is 10.1 Å². The van der Waals surface area contributed by atoms with E-state index < -0.39 is 0 Å². The third kappa shape index (κ3) is 7.16. The number of nitrogens with two attached hydrogens (primary N) is 1. The van der Waals surface area contributed by atoms with Gasteiger partial charge < -0.3 is 14.8 Å². The smallest absolute Gasteiger partial charge is 0.123 e. The molecule has 0 bridgehead atoms. The molecule has 0 aliphatic rings. The van der Waals surface area contributed by atoms with E-state index in [4.69, 9.17) is 21.1 Å². The molecule has 1 aromatic rings. The second-order valence-corrected chi connectivity index (χ2v) is 6.74. The molecule has 21 heavy (non-hydrogen) atoms. The first kappa shape index (κ1) is 18.3. The van der Waals surface area contributed by atoms with Gasteiger partial charge in [-0.2, -0.15) is 0 Å². The van der Waals surface area contributed by atoms with E-state index in [2.05, 4.69) is 26.1 Å². The summed E-state index contributed by atoms with van der Waals surface area (Å²) in [6, 6.07) is 5.88. The third-order valence-electron chi connectivity index (χ3n) is 3.32. The first-order chi connectivity index (χ1) is 9.95. The lowest BCUT2D eigenvalue weighted by molar-refractivity contribution is -0.655. The first-order valence-electron chi connectivity index (χ1n) is 7.68. The second kappa shape index (κ2) is 9.29. The van der Waals surface area contributed by atoms with Gasteiger partial charge in [-0.05, 0) is 23.6 Å². The summed E-state index contributed by atoms with van der Waals surface area (Å²) in [6.45, 7) is 10.3. The van der Waals surface area contributed by atoms with Crippen LogP contribution in [0.5, 0.6) is 5.75 Å². The molecule has 0 aliphatic carbocycles. The maximum Gasteiger partial charge on any atom is 0.123 e. The summed E-state index contributed by atoms with van der Waals surface area (Å²) >= 11 is 6.10. The van der Waals surface area contributed by atoms with Crippen molar-refractivity contribution in [2.45, 2.75) is 39.0 Å². The molecule has 0 saturated heterocycles. The fourth-order valence-electron chi connectivity index (χ4n) is 2.14. The van der Waals surface area contributed by atoms with Crippen LogP contribution in [-0.4, -0.2) is 33.4 Å². The molecule has 2 N–H and O–H groups in total. The van der Waals surface area contributed by atoms with Gasteiger partial charge in [-0.3, -0.25) is 0 Å². The van der Waals surface area contributed by atoms with Crippen molar-refractivity contribution < 1.29 is 14.8 Å². The van der Waals surface area contributed by atoms with Crippen LogP contribution in [0.3, 0.4) is 0 Å². The highest BCUT2D eigenvalue weighted by molar-refractivity contribution is 6.30. The standard InChI is InChI=1S/C17H28ClNO2/c1-17(2,3)15-13-14(18)7-8-16(15)21-12-6-10-19-9-5-11-20-4/h7-8,13,19H,5-6,9-12H2,1-4H3/p+1. The Balaban J connectivity index is 2.35. The van der Waals surface area contributed by atoms with Crippen LogP contribution in [0.4, 0.5) is 0 Å². The van der Waals surface area contributed by atoms with Gasteiger partial charge in [0.05, 0.1) is 26.3 Å². The molecular formula is C17H29ClNO2+. The summed E-state index contributed by atoms with van der Waals surface area (Å²) in [7, 11) is 1.74. The van der Waals surface area contributed by atoms with E-state index in [0.717, 1.165) is 49.9 Å². The van der Waals surface area contributed by atoms with Crippen molar-refractivity contribution >= 4 is 11.6 Å². The predicted octanol–water partition coefficient (Wildman–Crippen LogP) is 3.01. The van der Waals surface area contributed by atoms with E-state index in [1.807, 2.05) is 18.2 Å². The van der Waals surface area contributed by atoms with Crippen molar-refractivity contribution in [3.8, 4) is 5.75 Å². The quantitative estimate of drug-likeness (QED) is 0.711. The molecule has 120 valence electrons. The van der Waals surface area contributed by atoms with Gasteiger partial charge >= 0.3 is 0 Å². The zero-order chi connectivity index (χ0) is 15.7. The highest BCUT2D eigenvalue weighted by atomic mass is 35.5. The lowest BCUT2D eigenvalue weighted by atomic mass is 9.86. The lowest BCUT2D eigenvalue weighted by Gasteiger charge is -2.23. The monoisotopic (exact) mass is 314 g/mol. The summed E-state index contributed by atoms with van der Waals surface area (Å²) in [5.74, 6) is 0.950. The molecule has 0 amide bonds. The topological polar surface area (TPSA) is 35.1 Å². The number of hydrogen-bond acceptors (Lipinski definition) is 2. The van der Waals surface area contributed by atoms with Crippen LogP contribution in [0.2, 0.25) is 5.02 Å². The molecule has 0 fully saturated rings. The number of hydrogen-bond donors (Lipinski definition) is 1. The Labute approximate surface area is 134 Å². The van der Waals surface area contributed by atoms with E-state index in [1.165, 1.54) is 5.56 Å². The molecule has 1 rings (SSSR count). The molecular weight excluding hydrogens is 286 g/mol. The Morgan fingerprint density at radius 1 is 1.10 bits per heavy atom. The number of methoxy groups -OCH3 is 1. The van der Waals surface area contributed by atoms with E-state index in [-0.39, 0.29) is 5.41 Å². The molecule has 1 aromatic carbocycles. The zero-order valence-corrected chi connectivity index (χ0v) is 14.5. The Bertz CT molecular complexity index is 416. The van der Waals surface area contributed by atoms with E-state index in [9.17, 15) is 0 Å². The van der Waals surface area contributed by atoms with E-state index in [1.54, 1.807) is 7.11 Å². The molecule has 4 heteroatoms. The van der Waals surface area contributed by atoms with Crippen LogP contribution in [-0.2, 0) is 10.2 Å². The van der Waals surface area contributed by atoms with Crippen molar-refractivity contribution in [3.63, 3.8) is 0 Å². The van der Waals surface area contributed by atoms with Gasteiger partial charge in [0, 0.05) is 30.5 Å². The molecule has 0 aliphatic heterocycles. The Hall–Kier alpha value is -0.770. The average Bonchev–Trinajstić information content (AvgIpc) is 2.42. The minimum absolute atomic E-state index is 0.0342. The van der Waals surface area contributed by atoms with Gasteiger partial charge in [0.25, 0.3) is 0 Å². The van der Waals surface area contributed by atoms with Crippen LogP contribution in [0.15, 0.2) is 18.2 Å². The molecule has 0 aromatic heterocycles. The normalized spacial score (nSPS) is 11.7. The lowest BCUT2D eigenvalue weighted by Crippen LogP contribution is -2.84. The predicted molar refractivity (Wildman–Crippen MR) is 88.4 cm³/mol. The van der Waals surface area contributed by atoms with Crippen molar-refractivity contribution in [2.24, 2.45) is 0 Å². The molecule has 0 spiro atoms. The Kier molecular flexibility index (Phi) is 8.09. The molecule has 0 heterocycles. The summed E-state index contributed by atoms with van der Waals surface area (Å²) in [6.07, 6.45) is 2.14. The SMILES string of the molecule is COCCC[NH2+]CCCOc1ccc(Cl)cc1C(C)(C)C. The summed E-state index contributed by atoms with van der Waals surface area (Å²) in [5.41, 5.74) is 1.20. The summed E-state index contributed by atoms with van der Waals surface area (Å²) < 4.78 is 11.0. The van der Waals surface area contributed by atoms with Gasteiger partial charge in [0.2, 0.25) is 0 Å². The highest BCUT2D eigenvalue weighted by Gasteiger charge is 2.19. The van der Waals surface area contributed by atoms with E-state index >= 15 is 0 Å². The van der Waals surface area contributed by atoms with Crippen LogP contribution in [0, 0.1) is 0 Å². The third-order valence-corrected chi connectivity index (χ3v) is 3.55. The highest BCUT2D eigenvalue weighted by Crippen LogP contribution is 2.33. The molecule has 3 nitrogen and oxygen atoms in total. The maximum absolute atomic E-state index is 6.10. The van der Waals surface area contributed by atoms with Crippen molar-refractivity contribution in [2.75, 3.05) is 33.4 Å². The van der Waals surface area contributed by atoms with Crippen LogP contribution in [0.25, 0.3) is 0 Å². The first-order valence-corrected chi connectivity index (χ1v) is 8.06. The van der Waals surface area contributed by atoms with Crippen LogP contribution in [0.1, 0.15) is 39.2 Å². The summed E-state index contributed by atoms with van der Waals surface area (Å²) in [5, 5.41) is 3.08. The Morgan fingerprint density at radius 2 is 1.76 bits per heavy atom. The number of halogens is 1. The van der Waals surface area contributed by atoms with Crippen LogP contribution >= 0.6 is 11.6 Å². The van der Waals surface area contributed by atoms with Crippen molar-refractivity contribution in [1.82, 2.24) is 0 Å². The number of quaternary nitrogens is 1. The van der Waals surface area contributed by atoms with Gasteiger partial charge in [0.1, 0.15) is 5.75 Å². The molecule has 0 saturated carbocycles. The van der Waals surface area contributed by atoms with E-state index in [0.29, 0.717) is 0 Å². The Morgan fingerprint density at radius 3 is 2.38 bits per heavy atom. The second-order valence-electron chi connectivity index (χ2n) is 6.30. The van der Waals surface area contributed by atoms with Gasteiger partial charge in [0.15, 0.2) is 0 Å². The van der Waals surface area contributed by atoms with Gasteiger partial charge in [-0.15, -0.1) is 0 Å². The average molecular weight is 315 g/mol. The molecule has 0 unspecified atom stereocenters. The fraction of sp³-hybridized carbons (Fsp3) is 0.647.